The fourth-order valence-electron chi connectivity index (χ4n) is 1.83. The predicted octanol–water partition coefficient (Wildman–Crippen LogP) is 2.55. The van der Waals surface area contributed by atoms with Crippen LogP contribution in [0.25, 0.3) is 0 Å². The first-order valence-electron chi connectivity index (χ1n) is 6.75. The van der Waals surface area contributed by atoms with Crippen molar-refractivity contribution in [1.82, 2.24) is 15.5 Å². The minimum Gasteiger partial charge on any atom is -0.493 e. The molecule has 1 amide bonds. The van der Waals surface area contributed by atoms with E-state index in [0.29, 0.717) is 28.4 Å². The maximum Gasteiger partial charge on any atom is 0.445 e. The van der Waals surface area contributed by atoms with E-state index in [1.807, 2.05) is 0 Å². The zero-order chi connectivity index (χ0) is 17.7. The monoisotopic (exact) mass is 361 g/mol. The maximum absolute atomic E-state index is 12.4. The summed E-state index contributed by atoms with van der Waals surface area (Å²) in [7, 11) is 2.93. The lowest BCUT2D eigenvalue weighted by Gasteiger charge is -2.09. The molecule has 1 aromatic heterocycles. The molecular formula is C14H14F3N3O3S. The molecule has 0 fully saturated rings. The summed E-state index contributed by atoms with van der Waals surface area (Å²) in [5.41, 5.74) is 0.348. The molecule has 0 aliphatic heterocycles. The van der Waals surface area contributed by atoms with Gasteiger partial charge in [0.15, 0.2) is 11.5 Å². The average molecular weight is 361 g/mol. The number of nitrogens with zero attached hydrogens (tertiary/aromatic N) is 2. The van der Waals surface area contributed by atoms with Crippen LogP contribution < -0.4 is 14.8 Å². The molecule has 6 nitrogen and oxygen atoms in total. The number of benzene rings is 1. The van der Waals surface area contributed by atoms with Gasteiger partial charge >= 0.3 is 6.18 Å². The lowest BCUT2D eigenvalue weighted by molar-refractivity contribution is -0.138. The fourth-order valence-corrected chi connectivity index (χ4v) is 2.54. The number of halogens is 3. The Labute approximate surface area is 139 Å². The van der Waals surface area contributed by atoms with Crippen LogP contribution in [-0.2, 0) is 12.6 Å². The number of rotatable bonds is 6. The highest BCUT2D eigenvalue weighted by molar-refractivity contribution is 7.11. The maximum atomic E-state index is 12.4. The normalized spacial score (nSPS) is 11.2. The van der Waals surface area contributed by atoms with Crippen molar-refractivity contribution in [3.8, 4) is 11.5 Å². The molecule has 10 heteroatoms. The SMILES string of the molecule is COc1ccc(C(=O)NCCc2nnc(C(F)(F)F)s2)cc1OC. The number of nitrogens with one attached hydrogen (secondary N) is 1. The summed E-state index contributed by atoms with van der Waals surface area (Å²) in [5, 5.41) is 8.36. The van der Waals surface area contributed by atoms with Gasteiger partial charge in [-0.3, -0.25) is 4.79 Å². The van der Waals surface area contributed by atoms with Gasteiger partial charge in [0, 0.05) is 18.5 Å². The van der Waals surface area contributed by atoms with E-state index in [2.05, 4.69) is 15.5 Å². The zero-order valence-electron chi connectivity index (χ0n) is 12.8. The molecule has 2 rings (SSSR count). The van der Waals surface area contributed by atoms with Crippen LogP contribution >= 0.6 is 11.3 Å². The lowest BCUT2D eigenvalue weighted by atomic mass is 10.2. The van der Waals surface area contributed by atoms with Gasteiger partial charge in [0.05, 0.1) is 14.2 Å². The standard InChI is InChI=1S/C14H14F3N3O3S/c1-22-9-4-3-8(7-10(9)23-2)12(21)18-6-5-11-19-20-13(24-11)14(15,16)17/h3-4,7H,5-6H2,1-2H3,(H,18,21). The van der Waals surface area contributed by atoms with Gasteiger partial charge in [-0.15, -0.1) is 10.2 Å². The molecule has 0 spiro atoms. The molecule has 130 valence electrons. The van der Waals surface area contributed by atoms with Crippen molar-refractivity contribution in [3.05, 3.63) is 33.8 Å². The molecular weight excluding hydrogens is 347 g/mol. The van der Waals surface area contributed by atoms with Gasteiger partial charge in [0.2, 0.25) is 5.01 Å². The molecule has 2 aromatic rings. The number of hydrogen-bond acceptors (Lipinski definition) is 6. The summed E-state index contributed by atoms with van der Waals surface area (Å²) in [6, 6.07) is 4.67. The largest absolute Gasteiger partial charge is 0.493 e. The Morgan fingerprint density at radius 1 is 1.21 bits per heavy atom. The van der Waals surface area contributed by atoms with Gasteiger partial charge in [-0.2, -0.15) is 13.2 Å². The Balaban J connectivity index is 1.93. The van der Waals surface area contributed by atoms with Crippen molar-refractivity contribution in [2.24, 2.45) is 0 Å². The Hall–Kier alpha value is -2.36. The summed E-state index contributed by atoms with van der Waals surface area (Å²) in [6.07, 6.45) is -4.34. The van der Waals surface area contributed by atoms with Crippen LogP contribution in [0.15, 0.2) is 18.2 Å². The number of alkyl halides is 3. The molecule has 1 N–H and O–H groups in total. The highest BCUT2D eigenvalue weighted by Gasteiger charge is 2.35. The molecule has 0 saturated carbocycles. The third kappa shape index (κ3) is 4.34. The highest BCUT2D eigenvalue weighted by Crippen LogP contribution is 2.31. The number of hydrogen-bond donors (Lipinski definition) is 1. The molecule has 0 aliphatic carbocycles. The van der Waals surface area contributed by atoms with Crippen molar-refractivity contribution in [2.45, 2.75) is 12.6 Å². The molecule has 1 aromatic carbocycles. The van der Waals surface area contributed by atoms with Crippen LogP contribution in [0, 0.1) is 0 Å². The molecule has 24 heavy (non-hydrogen) atoms. The zero-order valence-corrected chi connectivity index (χ0v) is 13.6. The van der Waals surface area contributed by atoms with Crippen LogP contribution in [0.5, 0.6) is 11.5 Å². The van der Waals surface area contributed by atoms with Crippen LogP contribution in [0.3, 0.4) is 0 Å². The Bertz CT molecular complexity index is 719. The van der Waals surface area contributed by atoms with Gasteiger partial charge in [-0.05, 0) is 18.2 Å². The second-order valence-electron chi connectivity index (χ2n) is 4.57. The smallest absolute Gasteiger partial charge is 0.445 e. The molecule has 0 bridgehead atoms. The molecule has 0 atom stereocenters. The van der Waals surface area contributed by atoms with Gasteiger partial charge in [0.25, 0.3) is 5.91 Å². The molecule has 0 saturated heterocycles. The predicted molar refractivity (Wildman–Crippen MR) is 80.5 cm³/mol. The van der Waals surface area contributed by atoms with Crippen molar-refractivity contribution in [3.63, 3.8) is 0 Å². The first-order valence-corrected chi connectivity index (χ1v) is 7.56. The summed E-state index contributed by atoms with van der Waals surface area (Å²) in [6.45, 7) is 0.139. The van der Waals surface area contributed by atoms with Gasteiger partial charge in [0.1, 0.15) is 5.01 Å². The minimum atomic E-state index is -4.50. The van der Waals surface area contributed by atoms with E-state index in [9.17, 15) is 18.0 Å². The Morgan fingerprint density at radius 3 is 2.50 bits per heavy atom. The van der Waals surface area contributed by atoms with Crippen LogP contribution in [0.1, 0.15) is 20.4 Å². The van der Waals surface area contributed by atoms with Gasteiger partial charge in [-0.1, -0.05) is 11.3 Å². The fraction of sp³-hybridized carbons (Fsp3) is 0.357. The molecule has 0 unspecified atom stereocenters. The van der Waals surface area contributed by atoms with Crippen molar-refractivity contribution in [2.75, 3.05) is 20.8 Å². The van der Waals surface area contributed by atoms with E-state index < -0.39 is 11.2 Å². The highest BCUT2D eigenvalue weighted by atomic mass is 32.1. The van der Waals surface area contributed by atoms with Gasteiger partial charge in [-0.25, -0.2) is 0 Å². The third-order valence-electron chi connectivity index (χ3n) is 2.98. The van der Waals surface area contributed by atoms with Gasteiger partial charge < -0.3 is 14.8 Å². The molecule has 1 heterocycles. The van der Waals surface area contributed by atoms with E-state index in [4.69, 9.17) is 9.47 Å². The summed E-state index contributed by atoms with van der Waals surface area (Å²) in [4.78, 5) is 12.0. The average Bonchev–Trinajstić information content (AvgIpc) is 3.03. The van der Waals surface area contributed by atoms with E-state index in [1.165, 1.54) is 20.3 Å². The van der Waals surface area contributed by atoms with E-state index in [1.54, 1.807) is 12.1 Å². The summed E-state index contributed by atoms with van der Waals surface area (Å²) >= 11 is 0.463. The quantitative estimate of drug-likeness (QED) is 0.856. The lowest BCUT2D eigenvalue weighted by Crippen LogP contribution is -2.25. The van der Waals surface area contributed by atoms with E-state index in [0.717, 1.165) is 0 Å². The summed E-state index contributed by atoms with van der Waals surface area (Å²) in [5.74, 6) is 0.517. The van der Waals surface area contributed by atoms with Crippen LogP contribution in [0.2, 0.25) is 0 Å². The number of carbonyl (C=O) groups excluding carboxylic acids is 1. The molecule has 0 radical (unpaired) electrons. The topological polar surface area (TPSA) is 73.3 Å². The van der Waals surface area contributed by atoms with E-state index >= 15 is 0 Å². The summed E-state index contributed by atoms with van der Waals surface area (Å²) < 4.78 is 47.5. The minimum absolute atomic E-state index is 0.139. The number of aromatic nitrogens is 2. The number of carbonyl (C=O) groups is 1. The Morgan fingerprint density at radius 2 is 1.92 bits per heavy atom. The second kappa shape index (κ2) is 7.47. The number of ether oxygens (including phenoxy) is 2. The second-order valence-corrected chi connectivity index (χ2v) is 5.64. The van der Waals surface area contributed by atoms with Crippen LogP contribution in [0.4, 0.5) is 13.2 Å². The Kier molecular flexibility index (Phi) is 5.60. The number of methoxy groups -OCH3 is 2. The van der Waals surface area contributed by atoms with Crippen molar-refractivity contribution < 1.29 is 27.4 Å². The first kappa shape index (κ1) is 18.0. The van der Waals surface area contributed by atoms with Crippen molar-refractivity contribution in [1.29, 1.82) is 0 Å². The third-order valence-corrected chi connectivity index (χ3v) is 4.01. The first-order chi connectivity index (χ1) is 11.3. The number of amides is 1. The van der Waals surface area contributed by atoms with E-state index in [-0.39, 0.29) is 23.9 Å². The molecule has 0 aliphatic rings. The van der Waals surface area contributed by atoms with Crippen LogP contribution in [-0.4, -0.2) is 36.9 Å². The van der Waals surface area contributed by atoms with Crippen molar-refractivity contribution >= 4 is 17.2 Å².